The number of methoxy groups -OCH3 is 1. The molecule has 19 heavy (non-hydrogen) atoms. The molecule has 0 spiro atoms. The topological polar surface area (TPSA) is 76.4 Å². The van der Waals surface area contributed by atoms with Gasteiger partial charge in [-0.1, -0.05) is 24.3 Å². The monoisotopic (exact) mass is 263 g/mol. The number of fused-ring (bicyclic) bond motifs is 1. The van der Waals surface area contributed by atoms with Crippen LogP contribution in [0.25, 0.3) is 0 Å². The van der Waals surface area contributed by atoms with Crippen LogP contribution in [0.5, 0.6) is 0 Å². The molecule has 5 heteroatoms. The molecule has 5 nitrogen and oxygen atoms in total. The number of carbonyl (C=O) groups is 1. The average Bonchev–Trinajstić information content (AvgIpc) is 2.74. The molecule has 2 atom stereocenters. The van der Waals surface area contributed by atoms with Gasteiger partial charge in [0.1, 0.15) is 0 Å². The first-order valence-electron chi connectivity index (χ1n) is 6.55. The van der Waals surface area contributed by atoms with E-state index in [9.17, 15) is 4.79 Å². The zero-order valence-corrected chi connectivity index (χ0v) is 11.2. The van der Waals surface area contributed by atoms with Gasteiger partial charge in [-0.15, -0.1) is 0 Å². The van der Waals surface area contributed by atoms with E-state index in [1.807, 2.05) is 12.1 Å². The highest BCUT2D eigenvalue weighted by molar-refractivity contribution is 5.78. The van der Waals surface area contributed by atoms with Crippen molar-refractivity contribution in [1.29, 1.82) is 0 Å². The van der Waals surface area contributed by atoms with Gasteiger partial charge in [-0.3, -0.25) is 4.79 Å². The molecule has 0 fully saturated rings. The smallest absolute Gasteiger partial charge is 0.234 e. The lowest BCUT2D eigenvalue weighted by Crippen LogP contribution is -2.36. The van der Waals surface area contributed by atoms with E-state index in [-0.39, 0.29) is 18.0 Å². The second-order valence-corrected chi connectivity index (χ2v) is 4.75. The highest BCUT2D eigenvalue weighted by Gasteiger charge is 2.27. The number of nitrogens with two attached hydrogens (primary N) is 1. The minimum Gasteiger partial charge on any atom is -0.383 e. The Morgan fingerprint density at radius 1 is 1.42 bits per heavy atom. The third kappa shape index (κ3) is 3.53. The maximum atomic E-state index is 11.6. The van der Waals surface area contributed by atoms with Crippen LogP contribution in [0.1, 0.15) is 29.6 Å². The molecular weight excluding hydrogens is 242 g/mol. The SMILES string of the molecule is COCCNC(=O)CNC1CC(N)c2ccccc21. The first-order chi connectivity index (χ1) is 9.22. The summed E-state index contributed by atoms with van der Waals surface area (Å²) in [4.78, 5) is 11.6. The lowest BCUT2D eigenvalue weighted by Gasteiger charge is -2.13. The highest BCUT2D eigenvalue weighted by atomic mass is 16.5. The van der Waals surface area contributed by atoms with Gasteiger partial charge in [0.05, 0.1) is 13.2 Å². The maximum absolute atomic E-state index is 11.6. The van der Waals surface area contributed by atoms with Gasteiger partial charge in [-0.2, -0.15) is 0 Å². The minimum absolute atomic E-state index is 0.0185. The zero-order valence-electron chi connectivity index (χ0n) is 11.2. The van der Waals surface area contributed by atoms with Crippen LogP contribution in [-0.4, -0.2) is 32.7 Å². The normalized spacial score (nSPS) is 21.2. The van der Waals surface area contributed by atoms with Crippen molar-refractivity contribution in [1.82, 2.24) is 10.6 Å². The van der Waals surface area contributed by atoms with Gasteiger partial charge in [0.2, 0.25) is 5.91 Å². The quantitative estimate of drug-likeness (QED) is 0.653. The molecule has 4 N–H and O–H groups in total. The van der Waals surface area contributed by atoms with E-state index in [1.165, 1.54) is 11.1 Å². The predicted octanol–water partition coefficient (Wildman–Crippen LogP) is 0.483. The number of hydrogen-bond acceptors (Lipinski definition) is 4. The molecule has 104 valence electrons. The third-order valence-electron chi connectivity index (χ3n) is 3.40. The molecule has 0 radical (unpaired) electrons. The summed E-state index contributed by atoms with van der Waals surface area (Å²) in [5.74, 6) is -0.0185. The Kier molecular flexibility index (Phi) is 4.90. The zero-order chi connectivity index (χ0) is 13.7. The molecule has 1 aliphatic carbocycles. The van der Waals surface area contributed by atoms with E-state index in [2.05, 4.69) is 22.8 Å². The van der Waals surface area contributed by atoms with E-state index in [1.54, 1.807) is 7.11 Å². The fraction of sp³-hybridized carbons (Fsp3) is 0.500. The van der Waals surface area contributed by atoms with Crippen molar-refractivity contribution in [3.05, 3.63) is 35.4 Å². The Hall–Kier alpha value is -1.43. The van der Waals surface area contributed by atoms with E-state index in [0.717, 1.165) is 6.42 Å². The summed E-state index contributed by atoms with van der Waals surface area (Å²) >= 11 is 0. The number of benzene rings is 1. The molecule has 0 aliphatic heterocycles. The fourth-order valence-electron chi connectivity index (χ4n) is 2.44. The summed E-state index contributed by atoms with van der Waals surface area (Å²) in [5.41, 5.74) is 8.47. The lowest BCUT2D eigenvalue weighted by atomic mass is 10.1. The number of hydrogen-bond donors (Lipinski definition) is 3. The lowest BCUT2D eigenvalue weighted by molar-refractivity contribution is -0.120. The minimum atomic E-state index is -0.0185. The molecule has 0 saturated heterocycles. The largest absolute Gasteiger partial charge is 0.383 e. The molecule has 0 bridgehead atoms. The Bertz CT molecular complexity index is 436. The van der Waals surface area contributed by atoms with Crippen LogP contribution in [0.4, 0.5) is 0 Å². The summed E-state index contributed by atoms with van der Waals surface area (Å²) in [6, 6.07) is 8.36. The fourth-order valence-corrected chi connectivity index (χ4v) is 2.44. The second-order valence-electron chi connectivity index (χ2n) is 4.75. The van der Waals surface area contributed by atoms with Crippen molar-refractivity contribution in [3.8, 4) is 0 Å². The predicted molar refractivity (Wildman–Crippen MR) is 73.6 cm³/mol. The van der Waals surface area contributed by atoms with Gasteiger partial charge >= 0.3 is 0 Å². The molecular formula is C14H21N3O2. The summed E-state index contributed by atoms with van der Waals surface area (Å²) < 4.78 is 4.88. The van der Waals surface area contributed by atoms with Crippen LogP contribution >= 0.6 is 0 Å². The number of nitrogens with one attached hydrogen (secondary N) is 2. The van der Waals surface area contributed by atoms with Crippen LogP contribution in [-0.2, 0) is 9.53 Å². The number of amides is 1. The van der Waals surface area contributed by atoms with Gasteiger partial charge in [0.15, 0.2) is 0 Å². The molecule has 2 rings (SSSR count). The van der Waals surface area contributed by atoms with Crippen molar-refractivity contribution in [2.45, 2.75) is 18.5 Å². The first kappa shape index (κ1) is 14.0. The van der Waals surface area contributed by atoms with E-state index < -0.39 is 0 Å². The number of carbonyl (C=O) groups excluding carboxylic acids is 1. The molecule has 0 saturated carbocycles. The maximum Gasteiger partial charge on any atom is 0.234 e. The van der Waals surface area contributed by atoms with Gasteiger partial charge in [0, 0.05) is 25.7 Å². The second kappa shape index (κ2) is 6.65. The molecule has 1 aromatic carbocycles. The van der Waals surface area contributed by atoms with E-state index >= 15 is 0 Å². The van der Waals surface area contributed by atoms with Gasteiger partial charge in [-0.05, 0) is 17.5 Å². The molecule has 0 aromatic heterocycles. The standard InChI is InChI=1S/C14H21N3O2/c1-19-7-6-16-14(18)9-17-13-8-12(15)10-4-2-3-5-11(10)13/h2-5,12-13,17H,6-9,15H2,1H3,(H,16,18). The van der Waals surface area contributed by atoms with Crippen LogP contribution in [0.3, 0.4) is 0 Å². The van der Waals surface area contributed by atoms with Crippen molar-refractivity contribution in [3.63, 3.8) is 0 Å². The Labute approximate surface area is 113 Å². The molecule has 2 unspecified atom stereocenters. The van der Waals surface area contributed by atoms with Crippen molar-refractivity contribution < 1.29 is 9.53 Å². The highest BCUT2D eigenvalue weighted by Crippen LogP contribution is 2.36. The Balaban J connectivity index is 1.83. The van der Waals surface area contributed by atoms with Crippen molar-refractivity contribution in [2.24, 2.45) is 5.73 Å². The molecule has 0 heterocycles. The number of rotatable bonds is 6. The van der Waals surface area contributed by atoms with Crippen LogP contribution in [0.2, 0.25) is 0 Å². The van der Waals surface area contributed by atoms with Crippen molar-refractivity contribution >= 4 is 5.91 Å². The summed E-state index contributed by atoms with van der Waals surface area (Å²) in [5, 5.41) is 6.05. The summed E-state index contributed by atoms with van der Waals surface area (Å²) in [6.45, 7) is 1.37. The van der Waals surface area contributed by atoms with Crippen LogP contribution in [0.15, 0.2) is 24.3 Å². The van der Waals surface area contributed by atoms with Crippen LogP contribution in [0, 0.1) is 0 Å². The summed E-state index contributed by atoms with van der Waals surface area (Å²) in [6.07, 6.45) is 0.838. The van der Waals surface area contributed by atoms with E-state index in [4.69, 9.17) is 10.5 Å². The molecule has 1 aromatic rings. The van der Waals surface area contributed by atoms with Gasteiger partial charge in [0.25, 0.3) is 0 Å². The number of ether oxygens (including phenoxy) is 1. The summed E-state index contributed by atoms with van der Waals surface area (Å²) in [7, 11) is 1.61. The van der Waals surface area contributed by atoms with Crippen LogP contribution < -0.4 is 16.4 Å². The molecule has 1 aliphatic rings. The average molecular weight is 263 g/mol. The van der Waals surface area contributed by atoms with Gasteiger partial charge in [-0.25, -0.2) is 0 Å². The molecule has 1 amide bonds. The van der Waals surface area contributed by atoms with E-state index in [0.29, 0.717) is 19.7 Å². The first-order valence-corrected chi connectivity index (χ1v) is 6.55. The van der Waals surface area contributed by atoms with Crippen molar-refractivity contribution in [2.75, 3.05) is 26.8 Å². The Morgan fingerprint density at radius 3 is 2.89 bits per heavy atom. The Morgan fingerprint density at radius 2 is 2.16 bits per heavy atom. The third-order valence-corrected chi connectivity index (χ3v) is 3.40. The van der Waals surface area contributed by atoms with Gasteiger partial charge < -0.3 is 21.1 Å².